The van der Waals surface area contributed by atoms with Gasteiger partial charge in [-0.15, -0.1) is 0 Å². The highest BCUT2D eigenvalue weighted by molar-refractivity contribution is 7.89. The van der Waals surface area contributed by atoms with E-state index in [1.165, 1.54) is 4.31 Å². The third-order valence-electron chi connectivity index (χ3n) is 3.06. The van der Waals surface area contributed by atoms with Gasteiger partial charge in [-0.25, -0.2) is 8.42 Å². The van der Waals surface area contributed by atoms with Crippen molar-refractivity contribution in [1.82, 2.24) is 14.9 Å². The highest BCUT2D eigenvalue weighted by Crippen LogP contribution is 2.04. The average Bonchev–Trinajstić information content (AvgIpc) is 2.46. The van der Waals surface area contributed by atoms with E-state index >= 15 is 0 Å². The molecule has 8 heteroatoms. The molecule has 20 heavy (non-hydrogen) atoms. The Morgan fingerprint density at radius 1 is 1.25 bits per heavy atom. The van der Waals surface area contributed by atoms with Crippen LogP contribution in [0, 0.1) is 0 Å². The van der Waals surface area contributed by atoms with Gasteiger partial charge in [-0.05, 0) is 6.42 Å². The molecular formula is C12H26N4O3S. The molecule has 0 bridgehead atoms. The number of nitrogens with one attached hydrogen (secondary N) is 2. The molecule has 0 atom stereocenters. The number of hydrogen-bond acceptors (Lipinski definition) is 4. The summed E-state index contributed by atoms with van der Waals surface area (Å²) in [7, 11) is -1.53. The fourth-order valence-corrected chi connectivity index (χ4v) is 3.18. The first-order valence-electron chi connectivity index (χ1n) is 7.10. The number of hydrogen-bond donors (Lipinski definition) is 2. The minimum Gasteiger partial charge on any atom is -0.379 e. The van der Waals surface area contributed by atoms with Crippen LogP contribution in [0.25, 0.3) is 0 Å². The van der Waals surface area contributed by atoms with Crippen molar-refractivity contribution < 1.29 is 13.2 Å². The van der Waals surface area contributed by atoms with E-state index in [1.54, 1.807) is 7.05 Å². The van der Waals surface area contributed by atoms with Gasteiger partial charge in [0, 0.05) is 33.2 Å². The van der Waals surface area contributed by atoms with Gasteiger partial charge in [0.05, 0.1) is 19.0 Å². The second kappa shape index (κ2) is 9.15. The Balaban J connectivity index is 2.30. The molecule has 0 amide bonds. The van der Waals surface area contributed by atoms with Gasteiger partial charge in [-0.2, -0.15) is 4.31 Å². The third-order valence-corrected chi connectivity index (χ3v) is 4.93. The monoisotopic (exact) mass is 306 g/mol. The standard InChI is InChI=1S/C12H26N4O3S/c1-3-4-5-14-12(13-2)15-6-11-20(17,18)16-7-9-19-10-8-16/h3-11H2,1-2H3,(H2,13,14,15). The van der Waals surface area contributed by atoms with Crippen LogP contribution in [0.4, 0.5) is 0 Å². The van der Waals surface area contributed by atoms with Gasteiger partial charge in [0.1, 0.15) is 0 Å². The molecule has 1 fully saturated rings. The predicted octanol–water partition coefficient (Wildman–Crippen LogP) is -0.386. The second-order valence-corrected chi connectivity index (χ2v) is 6.70. The van der Waals surface area contributed by atoms with Crippen LogP contribution in [0.3, 0.4) is 0 Å². The number of guanidine groups is 1. The Morgan fingerprint density at radius 2 is 1.90 bits per heavy atom. The molecule has 0 aromatic heterocycles. The predicted molar refractivity (Wildman–Crippen MR) is 80.5 cm³/mol. The lowest BCUT2D eigenvalue weighted by Gasteiger charge is -2.26. The molecule has 1 saturated heterocycles. The number of sulfonamides is 1. The van der Waals surface area contributed by atoms with E-state index in [-0.39, 0.29) is 5.75 Å². The van der Waals surface area contributed by atoms with Crippen molar-refractivity contribution in [1.29, 1.82) is 0 Å². The summed E-state index contributed by atoms with van der Waals surface area (Å²) in [4.78, 5) is 4.06. The molecule has 2 N–H and O–H groups in total. The number of morpholine rings is 1. The Labute approximate surface area is 121 Å². The minimum absolute atomic E-state index is 0.0709. The Hall–Kier alpha value is -0.860. The van der Waals surface area contributed by atoms with Crippen molar-refractivity contribution >= 4 is 16.0 Å². The van der Waals surface area contributed by atoms with Crippen molar-refractivity contribution in [3.8, 4) is 0 Å². The minimum atomic E-state index is -3.20. The van der Waals surface area contributed by atoms with E-state index in [4.69, 9.17) is 4.74 Å². The quantitative estimate of drug-likeness (QED) is 0.380. The molecular weight excluding hydrogens is 280 g/mol. The number of aliphatic imine (C=N–C) groups is 1. The summed E-state index contributed by atoms with van der Waals surface area (Å²) in [5.74, 6) is 0.720. The van der Waals surface area contributed by atoms with Crippen LogP contribution in [-0.4, -0.2) is 70.9 Å². The molecule has 118 valence electrons. The summed E-state index contributed by atoms with van der Waals surface area (Å²) in [6.07, 6.45) is 2.17. The lowest BCUT2D eigenvalue weighted by Crippen LogP contribution is -2.45. The largest absolute Gasteiger partial charge is 0.379 e. The maximum Gasteiger partial charge on any atom is 0.215 e. The van der Waals surface area contributed by atoms with Crippen molar-refractivity contribution in [2.45, 2.75) is 19.8 Å². The molecule has 7 nitrogen and oxygen atoms in total. The topological polar surface area (TPSA) is 83.0 Å². The van der Waals surface area contributed by atoms with Crippen LogP contribution in [0.15, 0.2) is 4.99 Å². The molecule has 1 rings (SSSR count). The summed E-state index contributed by atoms with van der Waals surface area (Å²) >= 11 is 0. The maximum atomic E-state index is 12.1. The van der Waals surface area contributed by atoms with Gasteiger partial charge in [0.2, 0.25) is 10.0 Å². The van der Waals surface area contributed by atoms with Crippen LogP contribution in [0.2, 0.25) is 0 Å². The van der Waals surface area contributed by atoms with E-state index in [2.05, 4.69) is 22.5 Å². The first kappa shape index (κ1) is 17.2. The van der Waals surface area contributed by atoms with Crippen LogP contribution in [-0.2, 0) is 14.8 Å². The van der Waals surface area contributed by atoms with Gasteiger partial charge in [-0.1, -0.05) is 13.3 Å². The summed E-state index contributed by atoms with van der Waals surface area (Å²) < 4.78 is 30.8. The van der Waals surface area contributed by atoms with E-state index in [1.807, 2.05) is 0 Å². The van der Waals surface area contributed by atoms with E-state index in [9.17, 15) is 8.42 Å². The van der Waals surface area contributed by atoms with Crippen LogP contribution >= 0.6 is 0 Å². The molecule has 1 aliphatic heterocycles. The zero-order chi connectivity index (χ0) is 14.8. The number of nitrogens with zero attached hydrogens (tertiary/aromatic N) is 2. The summed E-state index contributed by atoms with van der Waals surface area (Å²) in [6.45, 7) is 5.17. The fourth-order valence-electron chi connectivity index (χ4n) is 1.86. The molecule has 0 saturated carbocycles. The molecule has 0 aliphatic carbocycles. The zero-order valence-electron chi connectivity index (χ0n) is 12.4. The summed E-state index contributed by atoms with van der Waals surface area (Å²) in [5, 5.41) is 6.17. The zero-order valence-corrected chi connectivity index (χ0v) is 13.2. The SMILES string of the molecule is CCCCNC(=NC)NCCS(=O)(=O)N1CCOCC1. The van der Waals surface area contributed by atoms with Gasteiger partial charge in [0.25, 0.3) is 0 Å². The number of unbranched alkanes of at least 4 members (excludes halogenated alkanes) is 1. The molecule has 1 aliphatic rings. The number of rotatable bonds is 7. The van der Waals surface area contributed by atoms with Crippen molar-refractivity contribution in [3.63, 3.8) is 0 Å². The van der Waals surface area contributed by atoms with Crippen molar-refractivity contribution in [3.05, 3.63) is 0 Å². The van der Waals surface area contributed by atoms with Gasteiger partial charge in [-0.3, -0.25) is 4.99 Å². The van der Waals surface area contributed by atoms with Crippen LogP contribution in [0.5, 0.6) is 0 Å². The van der Waals surface area contributed by atoms with Crippen LogP contribution in [0.1, 0.15) is 19.8 Å². The van der Waals surface area contributed by atoms with E-state index in [0.29, 0.717) is 38.8 Å². The van der Waals surface area contributed by atoms with Gasteiger partial charge >= 0.3 is 0 Å². The summed E-state index contributed by atoms with van der Waals surface area (Å²) in [6, 6.07) is 0. The summed E-state index contributed by atoms with van der Waals surface area (Å²) in [5.41, 5.74) is 0. The molecule has 0 spiro atoms. The lowest BCUT2D eigenvalue weighted by molar-refractivity contribution is 0.0730. The number of ether oxygens (including phenoxy) is 1. The van der Waals surface area contributed by atoms with Gasteiger partial charge < -0.3 is 15.4 Å². The average molecular weight is 306 g/mol. The van der Waals surface area contributed by atoms with E-state index < -0.39 is 10.0 Å². The molecule has 1 heterocycles. The Bertz CT molecular complexity index is 392. The first-order chi connectivity index (χ1) is 9.60. The smallest absolute Gasteiger partial charge is 0.215 e. The molecule has 0 radical (unpaired) electrons. The molecule has 0 unspecified atom stereocenters. The molecule has 0 aromatic rings. The van der Waals surface area contributed by atoms with Gasteiger partial charge in [0.15, 0.2) is 5.96 Å². The fraction of sp³-hybridized carbons (Fsp3) is 0.917. The Morgan fingerprint density at radius 3 is 2.50 bits per heavy atom. The van der Waals surface area contributed by atoms with Crippen molar-refractivity contribution in [2.75, 3.05) is 52.2 Å². The first-order valence-corrected chi connectivity index (χ1v) is 8.71. The highest BCUT2D eigenvalue weighted by atomic mass is 32.2. The van der Waals surface area contributed by atoms with E-state index in [0.717, 1.165) is 19.4 Å². The lowest BCUT2D eigenvalue weighted by atomic mass is 10.3. The maximum absolute atomic E-state index is 12.1. The Kier molecular flexibility index (Phi) is 7.86. The highest BCUT2D eigenvalue weighted by Gasteiger charge is 2.23. The van der Waals surface area contributed by atoms with Crippen molar-refractivity contribution in [2.24, 2.45) is 4.99 Å². The third kappa shape index (κ3) is 6.06. The molecule has 0 aromatic carbocycles. The normalized spacial score (nSPS) is 18.0. The van der Waals surface area contributed by atoms with Crippen LogP contribution < -0.4 is 10.6 Å². The second-order valence-electron chi connectivity index (χ2n) is 4.61.